The lowest BCUT2D eigenvalue weighted by Crippen LogP contribution is -2.23. The molecule has 3 N–H and O–H groups in total. The zero-order valence-electron chi connectivity index (χ0n) is 14.4. The summed E-state index contributed by atoms with van der Waals surface area (Å²) in [5.41, 5.74) is 8.20. The van der Waals surface area contributed by atoms with Gasteiger partial charge < -0.3 is 20.5 Å². The molecule has 0 aliphatic carbocycles. The molecule has 1 aliphatic heterocycles. The van der Waals surface area contributed by atoms with Crippen LogP contribution in [0.15, 0.2) is 52.8 Å². The van der Waals surface area contributed by atoms with Crippen molar-refractivity contribution in [1.29, 1.82) is 0 Å². The first-order valence-corrected chi connectivity index (χ1v) is 9.59. The fourth-order valence-corrected chi connectivity index (χ4v) is 3.95. The standard InChI is InChI=1S/C20H21N3O2S/c21-20(22-9-8-14-13-26-19-5-2-1-4-16(14)19)23-15-6-7-17-18(12-15)25-11-3-10-24-17/h1-2,4-7,12-13H,3,8-11H2,(H3,21,22,23). The smallest absolute Gasteiger partial charge is 0.193 e. The van der Waals surface area contributed by atoms with E-state index >= 15 is 0 Å². The molecule has 26 heavy (non-hydrogen) atoms. The van der Waals surface area contributed by atoms with E-state index in [1.165, 1.54) is 15.6 Å². The van der Waals surface area contributed by atoms with Gasteiger partial charge in [-0.1, -0.05) is 18.2 Å². The predicted octanol–water partition coefficient (Wildman–Crippen LogP) is 4.03. The molecule has 6 heteroatoms. The molecule has 0 fully saturated rings. The summed E-state index contributed by atoms with van der Waals surface area (Å²) in [7, 11) is 0. The van der Waals surface area contributed by atoms with E-state index in [1.54, 1.807) is 11.3 Å². The second kappa shape index (κ2) is 7.66. The number of fused-ring (bicyclic) bond motifs is 2. The van der Waals surface area contributed by atoms with Crippen LogP contribution in [0.25, 0.3) is 10.1 Å². The minimum atomic E-state index is 0.402. The minimum Gasteiger partial charge on any atom is -0.490 e. The molecule has 0 saturated heterocycles. The van der Waals surface area contributed by atoms with E-state index in [0.717, 1.165) is 30.0 Å². The molecule has 3 aromatic rings. The van der Waals surface area contributed by atoms with Crippen molar-refractivity contribution in [3.8, 4) is 11.5 Å². The highest BCUT2D eigenvalue weighted by Crippen LogP contribution is 2.32. The highest BCUT2D eigenvalue weighted by molar-refractivity contribution is 7.17. The number of ether oxygens (including phenoxy) is 2. The molecule has 0 saturated carbocycles. The van der Waals surface area contributed by atoms with Gasteiger partial charge in [0.2, 0.25) is 0 Å². The summed E-state index contributed by atoms with van der Waals surface area (Å²) in [6, 6.07) is 14.2. The first-order valence-electron chi connectivity index (χ1n) is 8.71. The maximum absolute atomic E-state index is 6.03. The first kappa shape index (κ1) is 16.7. The van der Waals surface area contributed by atoms with Crippen LogP contribution in [0.3, 0.4) is 0 Å². The van der Waals surface area contributed by atoms with Gasteiger partial charge in [0.25, 0.3) is 0 Å². The monoisotopic (exact) mass is 367 g/mol. The summed E-state index contributed by atoms with van der Waals surface area (Å²) < 4.78 is 12.6. The van der Waals surface area contributed by atoms with Crippen molar-refractivity contribution in [3.63, 3.8) is 0 Å². The lowest BCUT2D eigenvalue weighted by molar-refractivity contribution is 0.297. The molecule has 0 atom stereocenters. The lowest BCUT2D eigenvalue weighted by Gasteiger charge is -2.10. The van der Waals surface area contributed by atoms with Crippen LogP contribution < -0.4 is 20.5 Å². The van der Waals surface area contributed by atoms with Gasteiger partial charge in [0.05, 0.1) is 13.2 Å². The number of hydrogen-bond donors (Lipinski definition) is 2. The normalized spacial score (nSPS) is 14.2. The fraction of sp³-hybridized carbons (Fsp3) is 0.250. The summed E-state index contributed by atoms with van der Waals surface area (Å²) in [4.78, 5) is 4.45. The summed E-state index contributed by atoms with van der Waals surface area (Å²) in [6.45, 7) is 1.99. The Bertz CT molecular complexity index is 936. The van der Waals surface area contributed by atoms with E-state index in [2.05, 4.69) is 40.0 Å². The highest BCUT2D eigenvalue weighted by Gasteiger charge is 2.11. The van der Waals surface area contributed by atoms with Crippen LogP contribution >= 0.6 is 11.3 Å². The molecule has 2 aromatic carbocycles. The van der Waals surface area contributed by atoms with E-state index in [4.69, 9.17) is 15.2 Å². The number of hydrogen-bond acceptors (Lipinski definition) is 4. The number of nitrogens with zero attached hydrogens (tertiary/aromatic N) is 1. The third-order valence-corrected chi connectivity index (χ3v) is 5.26. The van der Waals surface area contributed by atoms with E-state index in [0.29, 0.717) is 25.7 Å². The Morgan fingerprint density at radius 1 is 1.12 bits per heavy atom. The van der Waals surface area contributed by atoms with Crippen molar-refractivity contribution in [1.82, 2.24) is 0 Å². The molecule has 2 heterocycles. The largest absolute Gasteiger partial charge is 0.490 e. The average Bonchev–Trinajstić information content (AvgIpc) is 2.91. The summed E-state index contributed by atoms with van der Waals surface area (Å²) in [5.74, 6) is 1.91. The Hall–Kier alpha value is -2.73. The van der Waals surface area contributed by atoms with Crippen LogP contribution in [-0.4, -0.2) is 25.7 Å². The van der Waals surface area contributed by atoms with Crippen molar-refractivity contribution < 1.29 is 9.47 Å². The van der Waals surface area contributed by atoms with Crippen LogP contribution in [0, 0.1) is 0 Å². The zero-order chi connectivity index (χ0) is 17.8. The maximum atomic E-state index is 6.03. The third-order valence-electron chi connectivity index (χ3n) is 4.24. The number of benzene rings is 2. The van der Waals surface area contributed by atoms with Gasteiger partial charge in [-0.3, -0.25) is 4.99 Å². The van der Waals surface area contributed by atoms with Crippen LogP contribution in [0.4, 0.5) is 5.69 Å². The summed E-state index contributed by atoms with van der Waals surface area (Å²) in [6.07, 6.45) is 1.76. The van der Waals surface area contributed by atoms with Gasteiger partial charge in [-0.2, -0.15) is 0 Å². The lowest BCUT2D eigenvalue weighted by atomic mass is 10.1. The molecule has 0 spiro atoms. The molecule has 134 valence electrons. The average molecular weight is 367 g/mol. The van der Waals surface area contributed by atoms with Crippen LogP contribution in [0.5, 0.6) is 11.5 Å². The van der Waals surface area contributed by atoms with Crippen molar-refractivity contribution in [2.24, 2.45) is 10.7 Å². The quantitative estimate of drug-likeness (QED) is 0.540. The fourth-order valence-electron chi connectivity index (χ4n) is 2.95. The number of rotatable bonds is 4. The van der Waals surface area contributed by atoms with Gasteiger partial charge in [0, 0.05) is 29.4 Å². The molecule has 1 aliphatic rings. The number of nitrogens with two attached hydrogens (primary N) is 1. The van der Waals surface area contributed by atoms with Crippen molar-refractivity contribution in [2.75, 3.05) is 25.1 Å². The zero-order valence-corrected chi connectivity index (χ0v) is 15.2. The highest BCUT2D eigenvalue weighted by atomic mass is 32.1. The van der Waals surface area contributed by atoms with E-state index in [9.17, 15) is 0 Å². The van der Waals surface area contributed by atoms with Gasteiger partial charge in [-0.15, -0.1) is 11.3 Å². The maximum Gasteiger partial charge on any atom is 0.193 e. The number of guanidine groups is 1. The van der Waals surface area contributed by atoms with Crippen molar-refractivity contribution in [3.05, 3.63) is 53.4 Å². The summed E-state index contributed by atoms with van der Waals surface area (Å²) >= 11 is 1.77. The molecule has 0 radical (unpaired) electrons. The van der Waals surface area contributed by atoms with Gasteiger partial charge >= 0.3 is 0 Å². The molecule has 1 aromatic heterocycles. The van der Waals surface area contributed by atoms with Crippen LogP contribution in [-0.2, 0) is 6.42 Å². The van der Waals surface area contributed by atoms with E-state index in [-0.39, 0.29) is 0 Å². The molecular formula is C20H21N3O2S. The summed E-state index contributed by atoms with van der Waals surface area (Å²) in [5, 5.41) is 6.63. The third kappa shape index (κ3) is 3.75. The second-order valence-electron chi connectivity index (χ2n) is 6.11. The molecule has 0 amide bonds. The van der Waals surface area contributed by atoms with Crippen molar-refractivity contribution in [2.45, 2.75) is 12.8 Å². The number of nitrogens with one attached hydrogen (secondary N) is 1. The first-order chi connectivity index (χ1) is 12.8. The van der Waals surface area contributed by atoms with Crippen LogP contribution in [0.2, 0.25) is 0 Å². The SMILES string of the molecule is NC(=NCCc1csc2ccccc12)Nc1ccc2c(c1)OCCCO2. The predicted molar refractivity (Wildman–Crippen MR) is 108 cm³/mol. The number of thiophene rings is 1. The molecular weight excluding hydrogens is 346 g/mol. The van der Waals surface area contributed by atoms with Gasteiger partial charge in [-0.05, 0) is 40.9 Å². The van der Waals surface area contributed by atoms with Crippen molar-refractivity contribution >= 4 is 33.1 Å². The topological polar surface area (TPSA) is 68.9 Å². The Morgan fingerprint density at radius 3 is 2.88 bits per heavy atom. The van der Waals surface area contributed by atoms with Gasteiger partial charge in [-0.25, -0.2) is 0 Å². The Labute approximate surface area is 156 Å². The molecule has 0 bridgehead atoms. The number of aliphatic imine (C=N–C) groups is 1. The molecule has 0 unspecified atom stereocenters. The van der Waals surface area contributed by atoms with Crippen LogP contribution in [0.1, 0.15) is 12.0 Å². The minimum absolute atomic E-state index is 0.402. The second-order valence-corrected chi connectivity index (χ2v) is 7.02. The van der Waals surface area contributed by atoms with Gasteiger partial charge in [0.1, 0.15) is 0 Å². The Balaban J connectivity index is 1.38. The Morgan fingerprint density at radius 2 is 1.96 bits per heavy atom. The molecule has 5 nitrogen and oxygen atoms in total. The molecule has 4 rings (SSSR count). The Kier molecular flexibility index (Phi) is 4.93. The number of anilines is 1. The van der Waals surface area contributed by atoms with E-state index in [1.807, 2.05) is 18.2 Å². The van der Waals surface area contributed by atoms with E-state index < -0.39 is 0 Å². The van der Waals surface area contributed by atoms with Gasteiger partial charge in [0.15, 0.2) is 17.5 Å².